The van der Waals surface area contributed by atoms with Crippen molar-refractivity contribution >= 4 is 22.6 Å². The Kier molecular flexibility index (Phi) is 8.11. The van der Waals surface area contributed by atoms with Gasteiger partial charge >= 0.3 is 0 Å². The van der Waals surface area contributed by atoms with Crippen molar-refractivity contribution in [2.75, 3.05) is 13.1 Å². The van der Waals surface area contributed by atoms with E-state index in [-0.39, 0.29) is 17.7 Å². The molecule has 2 heterocycles. The summed E-state index contributed by atoms with van der Waals surface area (Å²) in [7, 11) is 0. The Hall–Kier alpha value is -4.02. The first kappa shape index (κ1) is 27.2. The summed E-state index contributed by atoms with van der Waals surface area (Å²) >= 11 is 5.97. The maximum atomic E-state index is 14.0. The maximum absolute atomic E-state index is 14.0. The van der Waals surface area contributed by atoms with Crippen molar-refractivity contribution in [3.05, 3.63) is 124 Å². The van der Waals surface area contributed by atoms with Crippen LogP contribution in [-0.4, -0.2) is 28.0 Å². The summed E-state index contributed by atoms with van der Waals surface area (Å²) in [6.45, 7) is 3.23. The van der Waals surface area contributed by atoms with Crippen LogP contribution >= 0.6 is 11.6 Å². The van der Waals surface area contributed by atoms with Crippen molar-refractivity contribution < 1.29 is 9.13 Å². The number of H-pyrrole nitrogens is 1. The number of hydrogen-bond donors (Lipinski definition) is 1. The fourth-order valence-corrected chi connectivity index (χ4v) is 5.85. The molecule has 0 saturated carbocycles. The van der Waals surface area contributed by atoms with Crippen LogP contribution in [0.2, 0.25) is 5.02 Å². The number of hydrogen-bond acceptors (Lipinski definition) is 4. The van der Waals surface area contributed by atoms with Gasteiger partial charge in [-0.25, -0.2) is 9.37 Å². The fourth-order valence-electron chi connectivity index (χ4n) is 5.69. The van der Waals surface area contributed by atoms with E-state index < -0.39 is 5.82 Å². The van der Waals surface area contributed by atoms with E-state index in [0.717, 1.165) is 49.2 Å². The van der Waals surface area contributed by atoms with Gasteiger partial charge in [-0.15, -0.1) is 0 Å². The summed E-state index contributed by atoms with van der Waals surface area (Å²) < 4.78 is 20.6. The molecule has 1 fully saturated rings. The zero-order valence-corrected chi connectivity index (χ0v) is 23.3. The van der Waals surface area contributed by atoms with Crippen LogP contribution < -0.4 is 0 Å². The van der Waals surface area contributed by atoms with Gasteiger partial charge in [-0.1, -0.05) is 78.3 Å². The topological polar surface area (TPSA) is 64.9 Å². The van der Waals surface area contributed by atoms with Crippen molar-refractivity contribution in [3.63, 3.8) is 0 Å². The third-order valence-electron chi connectivity index (χ3n) is 7.85. The normalized spacial score (nSPS) is 15.1. The van der Waals surface area contributed by atoms with Gasteiger partial charge in [-0.2, -0.15) is 5.26 Å². The molecular formula is C34H30ClFN4O. The Bertz CT molecular complexity index is 1630. The molecule has 0 radical (unpaired) electrons. The van der Waals surface area contributed by atoms with Crippen molar-refractivity contribution in [2.45, 2.75) is 32.1 Å². The molecule has 1 N–H and O–H groups in total. The monoisotopic (exact) mass is 564 g/mol. The van der Waals surface area contributed by atoms with Crippen LogP contribution in [0.15, 0.2) is 91.0 Å². The summed E-state index contributed by atoms with van der Waals surface area (Å²) in [6, 6.07) is 31.8. The van der Waals surface area contributed by atoms with E-state index in [4.69, 9.17) is 16.3 Å². The summed E-state index contributed by atoms with van der Waals surface area (Å²) in [5.41, 5.74) is 6.36. The average Bonchev–Trinajstić information content (AvgIpc) is 3.40. The van der Waals surface area contributed by atoms with Crippen LogP contribution in [0.3, 0.4) is 0 Å². The van der Waals surface area contributed by atoms with E-state index >= 15 is 0 Å². The third-order valence-corrected chi connectivity index (χ3v) is 8.14. The molecule has 41 heavy (non-hydrogen) atoms. The number of nitriles is 1. The van der Waals surface area contributed by atoms with Gasteiger partial charge in [0.2, 0.25) is 0 Å². The van der Waals surface area contributed by atoms with Crippen molar-refractivity contribution in [1.29, 1.82) is 5.26 Å². The predicted octanol–water partition coefficient (Wildman–Crippen LogP) is 8.06. The molecule has 0 aliphatic carbocycles. The molecule has 1 unspecified atom stereocenters. The molecular weight excluding hydrogens is 535 g/mol. The van der Waals surface area contributed by atoms with Gasteiger partial charge in [0, 0.05) is 12.6 Å². The molecule has 0 amide bonds. The lowest BCUT2D eigenvalue weighted by Gasteiger charge is -2.36. The molecule has 1 saturated heterocycles. The summed E-state index contributed by atoms with van der Waals surface area (Å²) in [4.78, 5) is 10.3. The molecule has 1 aliphatic heterocycles. The number of imidazole rings is 1. The molecule has 5 aromatic rings. The van der Waals surface area contributed by atoms with Gasteiger partial charge in [0.05, 0.1) is 33.8 Å². The maximum Gasteiger partial charge on any atom is 0.144 e. The van der Waals surface area contributed by atoms with Gasteiger partial charge in [0.15, 0.2) is 0 Å². The quantitative estimate of drug-likeness (QED) is 0.207. The minimum absolute atomic E-state index is 0.0640. The van der Waals surface area contributed by atoms with Crippen molar-refractivity contribution in [1.82, 2.24) is 14.9 Å². The number of aromatic amines is 1. The Balaban J connectivity index is 1.21. The number of likely N-dealkylation sites (tertiary alicyclic amines) is 1. The Morgan fingerprint density at radius 1 is 0.976 bits per heavy atom. The lowest BCUT2D eigenvalue weighted by molar-refractivity contribution is -0.0243. The molecule has 206 valence electrons. The van der Waals surface area contributed by atoms with Crippen LogP contribution in [0.25, 0.3) is 22.2 Å². The van der Waals surface area contributed by atoms with E-state index in [2.05, 4.69) is 75.5 Å². The largest absolute Gasteiger partial charge is 0.365 e. The van der Waals surface area contributed by atoms with Crippen LogP contribution in [0.4, 0.5) is 4.39 Å². The molecule has 7 heteroatoms. The first-order chi connectivity index (χ1) is 20.1. The predicted molar refractivity (Wildman–Crippen MR) is 160 cm³/mol. The number of piperidine rings is 1. The van der Waals surface area contributed by atoms with E-state index in [9.17, 15) is 9.65 Å². The van der Waals surface area contributed by atoms with Gasteiger partial charge in [-0.3, -0.25) is 4.90 Å². The van der Waals surface area contributed by atoms with Gasteiger partial charge in [0.25, 0.3) is 0 Å². The smallest absolute Gasteiger partial charge is 0.144 e. The van der Waals surface area contributed by atoms with Crippen LogP contribution in [0.5, 0.6) is 0 Å². The number of nitrogens with one attached hydrogen (secondary N) is 1. The molecule has 1 aromatic heterocycles. The van der Waals surface area contributed by atoms with E-state index in [1.807, 2.05) is 24.3 Å². The Morgan fingerprint density at radius 3 is 2.51 bits per heavy atom. The Morgan fingerprint density at radius 2 is 1.76 bits per heavy atom. The molecule has 6 rings (SSSR count). The number of rotatable bonds is 8. The summed E-state index contributed by atoms with van der Waals surface area (Å²) in [5.74, 6) is 0.489. The second-order valence-electron chi connectivity index (χ2n) is 10.6. The second kappa shape index (κ2) is 12.2. The highest BCUT2D eigenvalue weighted by Gasteiger charge is 2.29. The second-order valence-corrected chi connectivity index (χ2v) is 11.0. The summed E-state index contributed by atoms with van der Waals surface area (Å²) in [5, 5.41) is 9.36. The van der Waals surface area contributed by atoms with Crippen LogP contribution in [-0.2, 0) is 17.9 Å². The highest BCUT2D eigenvalue weighted by molar-refractivity contribution is 6.31. The van der Waals surface area contributed by atoms with Crippen LogP contribution in [0.1, 0.15) is 41.5 Å². The van der Waals surface area contributed by atoms with Crippen LogP contribution in [0, 0.1) is 23.1 Å². The number of nitrogens with zero attached hydrogens (tertiary/aromatic N) is 3. The zero-order chi connectivity index (χ0) is 28.2. The number of benzene rings is 4. The molecule has 0 bridgehead atoms. The molecule has 1 atom stereocenters. The number of fused-ring (bicyclic) bond motifs is 1. The van der Waals surface area contributed by atoms with E-state index in [1.54, 1.807) is 6.07 Å². The fraction of sp³-hybridized carbons (Fsp3) is 0.235. The SMILES string of the molecule is N#Cc1cccc(-c2ccc(C(OCc3nc4cc(F)c(Cl)cc4[nH]3)C3CCN(Cc4ccccc4)CC3)cc2)c1. The molecule has 4 aromatic carbocycles. The minimum Gasteiger partial charge on any atom is -0.365 e. The Labute approximate surface area is 244 Å². The summed E-state index contributed by atoms with van der Waals surface area (Å²) in [6.07, 6.45) is 1.91. The van der Waals surface area contributed by atoms with Gasteiger partial charge < -0.3 is 9.72 Å². The molecule has 0 spiro atoms. The van der Waals surface area contributed by atoms with Crippen molar-refractivity contribution in [3.8, 4) is 17.2 Å². The first-order valence-electron chi connectivity index (χ1n) is 13.9. The zero-order valence-electron chi connectivity index (χ0n) is 22.6. The minimum atomic E-state index is -0.487. The number of aromatic nitrogens is 2. The lowest BCUT2D eigenvalue weighted by atomic mass is 9.86. The lowest BCUT2D eigenvalue weighted by Crippen LogP contribution is -2.35. The van der Waals surface area contributed by atoms with Crippen molar-refractivity contribution in [2.24, 2.45) is 5.92 Å². The first-order valence-corrected chi connectivity index (χ1v) is 14.3. The number of ether oxygens (including phenoxy) is 1. The molecule has 5 nitrogen and oxygen atoms in total. The molecule has 1 aliphatic rings. The standard InChI is InChI=1S/C34H30ClFN4O/c35-29-18-31-32(19-30(29)36)39-33(38-31)22-41-34(27-13-15-40(16-14-27)21-23-5-2-1-3-6-23)26-11-9-25(10-12-26)28-8-4-7-24(17-28)20-37/h1-12,17-19,27,34H,13-16,21-22H2,(H,38,39). The highest BCUT2D eigenvalue weighted by atomic mass is 35.5. The van der Waals surface area contributed by atoms with E-state index in [0.29, 0.717) is 28.3 Å². The van der Waals surface area contributed by atoms with E-state index in [1.165, 1.54) is 11.6 Å². The average molecular weight is 565 g/mol. The van der Waals surface area contributed by atoms with Gasteiger partial charge in [-0.05, 0) is 72.3 Å². The third kappa shape index (κ3) is 6.34. The number of halogens is 2. The van der Waals surface area contributed by atoms with Gasteiger partial charge in [0.1, 0.15) is 18.2 Å². The highest BCUT2D eigenvalue weighted by Crippen LogP contribution is 2.36.